The second-order valence-electron chi connectivity index (χ2n) is 4.60. The molecule has 0 saturated carbocycles. The third-order valence-electron chi connectivity index (χ3n) is 3.32. The van der Waals surface area contributed by atoms with E-state index in [1.807, 2.05) is 0 Å². The van der Waals surface area contributed by atoms with Crippen molar-refractivity contribution in [3.05, 3.63) is 35.4 Å². The van der Waals surface area contributed by atoms with Crippen molar-refractivity contribution < 1.29 is 5.11 Å². The van der Waals surface area contributed by atoms with Crippen molar-refractivity contribution in [2.75, 3.05) is 13.1 Å². The molecule has 0 amide bonds. The van der Waals surface area contributed by atoms with Crippen LogP contribution in [0.5, 0.6) is 0 Å². The molecule has 2 N–H and O–H groups in total. The minimum Gasteiger partial charge on any atom is -0.393 e. The number of fused-ring (bicyclic) bond motifs is 1. The quantitative estimate of drug-likeness (QED) is 0.698. The lowest BCUT2D eigenvalue weighted by atomic mass is 10.1. The number of aliphatic hydroxyl groups is 1. The van der Waals surface area contributed by atoms with Crippen LogP contribution in [0.15, 0.2) is 24.3 Å². The number of hydrogen-bond donors (Lipinski definition) is 2. The van der Waals surface area contributed by atoms with Crippen molar-refractivity contribution in [3.8, 4) is 0 Å². The van der Waals surface area contributed by atoms with Gasteiger partial charge in [0, 0.05) is 0 Å². The zero-order chi connectivity index (χ0) is 11.2. The average Bonchev–Trinajstić information content (AvgIpc) is 2.79. The van der Waals surface area contributed by atoms with Crippen LogP contribution < -0.4 is 5.32 Å². The summed E-state index contributed by atoms with van der Waals surface area (Å²) in [5, 5.41) is 12.0. The summed E-state index contributed by atoms with van der Waals surface area (Å²) < 4.78 is 0. The molecule has 0 spiro atoms. The van der Waals surface area contributed by atoms with Crippen LogP contribution in [0.1, 0.15) is 30.4 Å². The molecule has 1 aromatic carbocycles. The van der Waals surface area contributed by atoms with Crippen LogP contribution in [0, 0.1) is 0 Å². The Bertz CT molecular complexity index is 295. The van der Waals surface area contributed by atoms with Crippen LogP contribution in [-0.2, 0) is 12.8 Å². The largest absolute Gasteiger partial charge is 0.393 e. The van der Waals surface area contributed by atoms with Gasteiger partial charge in [-0.1, -0.05) is 24.3 Å². The van der Waals surface area contributed by atoms with E-state index >= 15 is 0 Å². The summed E-state index contributed by atoms with van der Waals surface area (Å²) >= 11 is 0. The molecule has 1 fully saturated rings. The molecule has 88 valence electrons. The van der Waals surface area contributed by atoms with Crippen LogP contribution in [0.25, 0.3) is 0 Å². The number of benzene rings is 1. The summed E-state index contributed by atoms with van der Waals surface area (Å²) in [5.74, 6) is 0. The maximum absolute atomic E-state index is 8.87. The fraction of sp³-hybridized carbons (Fsp3) is 0.571. The topological polar surface area (TPSA) is 32.3 Å². The van der Waals surface area contributed by atoms with Crippen molar-refractivity contribution in [1.29, 1.82) is 0 Å². The van der Waals surface area contributed by atoms with Crippen molar-refractivity contribution in [3.63, 3.8) is 0 Å². The van der Waals surface area contributed by atoms with E-state index < -0.39 is 0 Å². The third kappa shape index (κ3) is 3.32. The minimum absolute atomic E-state index is 0.0266. The molecular formula is C14H21NO. The lowest BCUT2D eigenvalue weighted by Crippen LogP contribution is -2.30. The van der Waals surface area contributed by atoms with Gasteiger partial charge in [-0.15, -0.1) is 0 Å². The molecule has 2 heteroatoms. The summed E-state index contributed by atoms with van der Waals surface area (Å²) in [6, 6.07) is 8.74. The molecule has 1 aliphatic heterocycles. The first-order chi connectivity index (χ1) is 7.86. The van der Waals surface area contributed by atoms with Gasteiger partial charge in [-0.2, -0.15) is 0 Å². The molecular weight excluding hydrogens is 198 g/mol. The third-order valence-corrected chi connectivity index (χ3v) is 3.32. The first-order valence-electron chi connectivity index (χ1n) is 6.32. The van der Waals surface area contributed by atoms with Crippen molar-refractivity contribution in [2.45, 2.75) is 38.2 Å². The van der Waals surface area contributed by atoms with E-state index in [1.54, 1.807) is 11.1 Å². The van der Waals surface area contributed by atoms with Gasteiger partial charge in [0.25, 0.3) is 0 Å². The molecule has 0 unspecified atom stereocenters. The van der Waals surface area contributed by atoms with Crippen LogP contribution in [0.3, 0.4) is 0 Å². The normalized spacial score (nSPS) is 19.8. The van der Waals surface area contributed by atoms with Crippen molar-refractivity contribution in [2.24, 2.45) is 0 Å². The molecule has 1 aliphatic carbocycles. The van der Waals surface area contributed by atoms with Gasteiger partial charge in [0.2, 0.25) is 0 Å². The Kier molecular flexibility index (Phi) is 4.37. The summed E-state index contributed by atoms with van der Waals surface area (Å²) in [5.41, 5.74) is 3.13. The number of nitrogens with one attached hydrogen (secondary N) is 1. The average molecular weight is 219 g/mol. The SMILES string of the molecule is OC1CCNCC1.c1ccc2c(c1)CCC2. The van der Waals surface area contributed by atoms with E-state index in [0.29, 0.717) is 0 Å². The molecule has 0 aromatic heterocycles. The molecule has 2 aliphatic rings. The standard InChI is InChI=1S/C9H10.C5H11NO/c1-2-5-9-7-3-6-8(9)4-1;7-5-1-3-6-4-2-5/h1-2,4-5H,3,6-7H2;5-7H,1-4H2. The maximum atomic E-state index is 8.87. The Hall–Kier alpha value is -0.860. The van der Waals surface area contributed by atoms with E-state index in [-0.39, 0.29) is 6.10 Å². The second kappa shape index (κ2) is 6.02. The highest BCUT2D eigenvalue weighted by atomic mass is 16.3. The molecule has 16 heavy (non-hydrogen) atoms. The highest BCUT2D eigenvalue weighted by molar-refractivity contribution is 5.30. The van der Waals surface area contributed by atoms with E-state index in [0.717, 1.165) is 25.9 Å². The summed E-state index contributed by atoms with van der Waals surface area (Å²) in [6.45, 7) is 1.97. The van der Waals surface area contributed by atoms with Gasteiger partial charge in [0.1, 0.15) is 0 Å². The van der Waals surface area contributed by atoms with Gasteiger partial charge in [0.05, 0.1) is 6.10 Å². The monoisotopic (exact) mass is 219 g/mol. The fourth-order valence-electron chi connectivity index (χ4n) is 2.32. The van der Waals surface area contributed by atoms with Crippen molar-refractivity contribution >= 4 is 0 Å². The molecule has 0 bridgehead atoms. The number of aryl methyl sites for hydroxylation is 2. The highest BCUT2D eigenvalue weighted by Crippen LogP contribution is 2.20. The van der Waals surface area contributed by atoms with Gasteiger partial charge < -0.3 is 10.4 Å². The number of aliphatic hydroxyl groups excluding tert-OH is 1. The molecule has 1 heterocycles. The van der Waals surface area contributed by atoms with Crippen LogP contribution in [0.2, 0.25) is 0 Å². The molecule has 3 rings (SSSR count). The Labute approximate surface area is 97.7 Å². The van der Waals surface area contributed by atoms with E-state index in [9.17, 15) is 0 Å². The van der Waals surface area contributed by atoms with Gasteiger partial charge in [0.15, 0.2) is 0 Å². The molecule has 0 atom stereocenters. The zero-order valence-electron chi connectivity index (χ0n) is 9.78. The summed E-state index contributed by atoms with van der Waals surface area (Å²) in [6.07, 6.45) is 5.80. The van der Waals surface area contributed by atoms with Crippen LogP contribution >= 0.6 is 0 Å². The van der Waals surface area contributed by atoms with Gasteiger partial charge in [-0.05, 0) is 56.3 Å². The number of piperidine rings is 1. The fourth-order valence-corrected chi connectivity index (χ4v) is 2.32. The number of rotatable bonds is 0. The lowest BCUT2D eigenvalue weighted by Gasteiger charge is -2.16. The van der Waals surface area contributed by atoms with Crippen molar-refractivity contribution in [1.82, 2.24) is 5.32 Å². The minimum atomic E-state index is -0.0266. The summed E-state index contributed by atoms with van der Waals surface area (Å²) in [4.78, 5) is 0. The van der Waals surface area contributed by atoms with Gasteiger partial charge in [-0.25, -0.2) is 0 Å². The van der Waals surface area contributed by atoms with E-state index in [4.69, 9.17) is 5.11 Å². The van der Waals surface area contributed by atoms with E-state index in [1.165, 1.54) is 19.3 Å². The van der Waals surface area contributed by atoms with Gasteiger partial charge >= 0.3 is 0 Å². The maximum Gasteiger partial charge on any atom is 0.0564 e. The first kappa shape index (κ1) is 11.6. The molecule has 1 aromatic rings. The second-order valence-corrected chi connectivity index (χ2v) is 4.60. The van der Waals surface area contributed by atoms with Gasteiger partial charge in [-0.3, -0.25) is 0 Å². The Morgan fingerprint density at radius 2 is 1.56 bits per heavy atom. The molecule has 2 nitrogen and oxygen atoms in total. The smallest absolute Gasteiger partial charge is 0.0564 e. The molecule has 0 radical (unpaired) electrons. The number of hydrogen-bond acceptors (Lipinski definition) is 2. The highest BCUT2D eigenvalue weighted by Gasteiger charge is 2.07. The first-order valence-corrected chi connectivity index (χ1v) is 6.32. The van der Waals surface area contributed by atoms with Crippen LogP contribution in [-0.4, -0.2) is 24.3 Å². The predicted octanol–water partition coefficient (Wildman–Crippen LogP) is 1.91. The predicted molar refractivity (Wildman–Crippen MR) is 66.6 cm³/mol. The summed E-state index contributed by atoms with van der Waals surface area (Å²) in [7, 11) is 0. The van der Waals surface area contributed by atoms with E-state index in [2.05, 4.69) is 29.6 Å². The Morgan fingerprint density at radius 3 is 2.00 bits per heavy atom. The lowest BCUT2D eigenvalue weighted by molar-refractivity contribution is 0.137. The molecule has 1 saturated heterocycles. The van der Waals surface area contributed by atoms with Crippen LogP contribution in [0.4, 0.5) is 0 Å². The zero-order valence-corrected chi connectivity index (χ0v) is 9.78. The Morgan fingerprint density at radius 1 is 1.00 bits per heavy atom. The Balaban J connectivity index is 0.000000125.